The fourth-order valence-electron chi connectivity index (χ4n) is 2.78. The molecule has 1 amide bonds. The maximum atomic E-state index is 12.8. The molecule has 1 saturated heterocycles. The van der Waals surface area contributed by atoms with Gasteiger partial charge in [0.2, 0.25) is 0 Å². The Morgan fingerprint density at radius 3 is 2.68 bits per heavy atom. The van der Waals surface area contributed by atoms with Gasteiger partial charge in [0.15, 0.2) is 0 Å². The first-order valence-electron chi connectivity index (χ1n) is 7.82. The number of benzene rings is 1. The third-order valence-corrected chi connectivity index (χ3v) is 4.39. The lowest BCUT2D eigenvalue weighted by molar-refractivity contribution is 0.0702. The maximum absolute atomic E-state index is 12.8. The van der Waals surface area contributed by atoms with E-state index in [0.717, 1.165) is 5.69 Å². The molecule has 0 bridgehead atoms. The van der Waals surface area contributed by atoms with Crippen LogP contribution in [0.5, 0.6) is 11.5 Å². The van der Waals surface area contributed by atoms with Crippen LogP contribution < -0.4 is 19.9 Å². The van der Waals surface area contributed by atoms with Crippen LogP contribution in [0.2, 0.25) is 0 Å². The first-order valence-corrected chi connectivity index (χ1v) is 7.82. The Hall–Kier alpha value is -3.03. The van der Waals surface area contributed by atoms with Crippen molar-refractivity contribution in [2.45, 2.75) is 6.04 Å². The highest BCUT2D eigenvalue weighted by atomic mass is 16.5. The summed E-state index contributed by atoms with van der Waals surface area (Å²) in [5.74, 6) is 0.993. The Labute approximate surface area is 145 Å². The van der Waals surface area contributed by atoms with Crippen LogP contribution in [0.25, 0.3) is 0 Å². The molecule has 132 valence electrons. The summed E-state index contributed by atoms with van der Waals surface area (Å²) < 4.78 is 10.5. The minimum atomic E-state index is -0.242. The van der Waals surface area contributed by atoms with Gasteiger partial charge in [-0.25, -0.2) is 5.10 Å². The summed E-state index contributed by atoms with van der Waals surface area (Å²) in [4.78, 5) is 27.8. The van der Waals surface area contributed by atoms with E-state index in [2.05, 4.69) is 10.2 Å². The lowest BCUT2D eigenvalue weighted by atomic mass is 10.0. The molecule has 2 heterocycles. The van der Waals surface area contributed by atoms with Crippen LogP contribution >= 0.6 is 0 Å². The molecule has 8 heteroatoms. The van der Waals surface area contributed by atoms with E-state index in [1.807, 2.05) is 4.90 Å². The first-order chi connectivity index (χ1) is 12.0. The number of nitrogens with zero attached hydrogens (tertiary/aromatic N) is 3. The highest BCUT2D eigenvalue weighted by Crippen LogP contribution is 2.28. The molecule has 25 heavy (non-hydrogen) atoms. The quantitative estimate of drug-likeness (QED) is 0.861. The second-order valence-electron chi connectivity index (χ2n) is 5.84. The Kier molecular flexibility index (Phi) is 4.60. The molecule has 1 aliphatic rings. The zero-order valence-corrected chi connectivity index (χ0v) is 14.4. The normalized spacial score (nSPS) is 14.0. The van der Waals surface area contributed by atoms with Gasteiger partial charge in [-0.3, -0.25) is 9.59 Å². The average molecular weight is 344 g/mol. The molecule has 0 spiro atoms. The summed E-state index contributed by atoms with van der Waals surface area (Å²) in [5, 5.41) is 6.14. The predicted molar refractivity (Wildman–Crippen MR) is 92.5 cm³/mol. The molecule has 1 aromatic heterocycles. The summed E-state index contributed by atoms with van der Waals surface area (Å²) in [6, 6.07) is 6.68. The summed E-state index contributed by atoms with van der Waals surface area (Å²) in [6.07, 6.45) is 1.60. The Morgan fingerprint density at radius 2 is 2.04 bits per heavy atom. The molecule has 1 N–H and O–H groups in total. The van der Waals surface area contributed by atoms with Gasteiger partial charge in [0.05, 0.1) is 37.7 Å². The van der Waals surface area contributed by atoms with Crippen molar-refractivity contribution < 1.29 is 14.3 Å². The van der Waals surface area contributed by atoms with Gasteiger partial charge >= 0.3 is 0 Å². The third kappa shape index (κ3) is 3.28. The zero-order chi connectivity index (χ0) is 18.0. The van der Waals surface area contributed by atoms with E-state index in [4.69, 9.17) is 9.47 Å². The van der Waals surface area contributed by atoms with Gasteiger partial charge in [-0.05, 0) is 12.1 Å². The number of likely N-dealkylation sites (N-methyl/N-ethyl adjacent to an activating group) is 1. The SMILES string of the molecule is COc1ccc(C(=O)N(C)C2CN(c3cn[nH]c(=O)c3)C2)c(OC)c1. The van der Waals surface area contributed by atoms with Gasteiger partial charge in [0.25, 0.3) is 11.5 Å². The number of ether oxygens (including phenoxy) is 2. The fourth-order valence-corrected chi connectivity index (χ4v) is 2.78. The molecule has 1 aliphatic heterocycles. The third-order valence-electron chi connectivity index (χ3n) is 4.39. The number of nitrogens with one attached hydrogen (secondary N) is 1. The van der Waals surface area contributed by atoms with Crippen molar-refractivity contribution >= 4 is 11.6 Å². The van der Waals surface area contributed by atoms with Crippen molar-refractivity contribution in [3.8, 4) is 11.5 Å². The summed E-state index contributed by atoms with van der Waals surface area (Å²) in [6.45, 7) is 1.29. The molecular formula is C17H20N4O4. The number of H-pyrrole nitrogens is 1. The maximum Gasteiger partial charge on any atom is 0.266 e. The Bertz CT molecular complexity index is 829. The second-order valence-corrected chi connectivity index (χ2v) is 5.84. The van der Waals surface area contributed by atoms with Crippen LogP contribution in [0.15, 0.2) is 35.3 Å². The summed E-state index contributed by atoms with van der Waals surface area (Å²) in [5.41, 5.74) is 0.998. The van der Waals surface area contributed by atoms with Crippen LogP contribution in [0.1, 0.15) is 10.4 Å². The number of rotatable bonds is 5. The van der Waals surface area contributed by atoms with E-state index >= 15 is 0 Å². The first kappa shape index (κ1) is 16.8. The minimum absolute atomic E-state index is 0.0543. The number of hydrogen-bond acceptors (Lipinski definition) is 6. The largest absolute Gasteiger partial charge is 0.497 e. The standard InChI is InChI=1S/C17H20N4O4/c1-20(12-9-21(10-12)11-6-16(22)19-18-8-11)17(23)14-5-4-13(24-2)7-15(14)25-3/h4-8,12H,9-10H2,1-3H3,(H,19,22). The van der Waals surface area contributed by atoms with E-state index in [1.54, 1.807) is 43.5 Å². The van der Waals surface area contributed by atoms with Gasteiger partial charge < -0.3 is 19.3 Å². The van der Waals surface area contributed by atoms with Crippen LogP contribution in [-0.2, 0) is 0 Å². The van der Waals surface area contributed by atoms with Crippen molar-refractivity contribution in [1.82, 2.24) is 15.1 Å². The van der Waals surface area contributed by atoms with E-state index in [0.29, 0.717) is 30.2 Å². The number of aromatic nitrogens is 2. The molecule has 1 fully saturated rings. The Morgan fingerprint density at radius 1 is 1.28 bits per heavy atom. The molecule has 8 nitrogen and oxygen atoms in total. The predicted octanol–water partition coefficient (Wildman–Crippen LogP) is 0.748. The lowest BCUT2D eigenvalue weighted by Crippen LogP contribution is -2.60. The van der Waals surface area contributed by atoms with E-state index in [-0.39, 0.29) is 17.5 Å². The number of hydrogen-bond donors (Lipinski definition) is 1. The monoisotopic (exact) mass is 344 g/mol. The lowest BCUT2D eigenvalue weighted by Gasteiger charge is -2.45. The number of methoxy groups -OCH3 is 2. The highest BCUT2D eigenvalue weighted by molar-refractivity contribution is 5.97. The number of carbonyl (C=O) groups is 1. The number of carbonyl (C=O) groups excluding carboxylic acids is 1. The smallest absolute Gasteiger partial charge is 0.266 e. The van der Waals surface area contributed by atoms with Gasteiger partial charge in [-0.1, -0.05) is 0 Å². The van der Waals surface area contributed by atoms with Gasteiger partial charge in [-0.15, -0.1) is 0 Å². The molecular weight excluding hydrogens is 324 g/mol. The number of amides is 1. The topological polar surface area (TPSA) is 87.8 Å². The van der Waals surface area contributed by atoms with E-state index < -0.39 is 0 Å². The number of anilines is 1. The fraction of sp³-hybridized carbons (Fsp3) is 0.353. The van der Waals surface area contributed by atoms with Gasteiger partial charge in [-0.2, -0.15) is 5.10 Å². The summed E-state index contributed by atoms with van der Waals surface area (Å²) in [7, 11) is 4.86. The molecule has 0 radical (unpaired) electrons. The molecule has 1 aromatic carbocycles. The van der Waals surface area contributed by atoms with Crippen molar-refractivity contribution in [2.24, 2.45) is 0 Å². The van der Waals surface area contributed by atoms with Gasteiger partial charge in [0.1, 0.15) is 11.5 Å². The Balaban J connectivity index is 1.69. The second kappa shape index (κ2) is 6.84. The molecule has 0 saturated carbocycles. The van der Waals surface area contributed by atoms with Crippen LogP contribution in [-0.4, -0.2) is 61.4 Å². The van der Waals surface area contributed by atoms with E-state index in [1.165, 1.54) is 13.2 Å². The van der Waals surface area contributed by atoms with Crippen LogP contribution in [0.4, 0.5) is 5.69 Å². The molecule has 3 rings (SSSR count). The molecule has 2 aromatic rings. The number of aromatic amines is 1. The van der Waals surface area contributed by atoms with Crippen molar-refractivity contribution in [2.75, 3.05) is 39.3 Å². The zero-order valence-electron chi connectivity index (χ0n) is 14.4. The molecule has 0 atom stereocenters. The molecule has 0 unspecified atom stereocenters. The van der Waals surface area contributed by atoms with E-state index in [9.17, 15) is 9.59 Å². The molecule has 0 aliphatic carbocycles. The van der Waals surface area contributed by atoms with Gasteiger partial charge in [0, 0.05) is 32.3 Å². The van der Waals surface area contributed by atoms with Crippen molar-refractivity contribution in [3.63, 3.8) is 0 Å². The van der Waals surface area contributed by atoms with Crippen molar-refractivity contribution in [3.05, 3.63) is 46.4 Å². The highest BCUT2D eigenvalue weighted by Gasteiger charge is 2.34. The summed E-state index contributed by atoms with van der Waals surface area (Å²) >= 11 is 0. The van der Waals surface area contributed by atoms with Crippen molar-refractivity contribution in [1.29, 1.82) is 0 Å². The minimum Gasteiger partial charge on any atom is -0.497 e. The van der Waals surface area contributed by atoms with Crippen LogP contribution in [0.3, 0.4) is 0 Å². The average Bonchev–Trinajstić information content (AvgIpc) is 2.59. The van der Waals surface area contributed by atoms with Crippen LogP contribution in [0, 0.1) is 0 Å².